The van der Waals surface area contributed by atoms with Crippen molar-refractivity contribution < 1.29 is 13.9 Å². The van der Waals surface area contributed by atoms with Crippen LogP contribution in [-0.4, -0.2) is 54.2 Å². The molecule has 3 aromatic rings. The molecule has 178 valence electrons. The molecule has 0 saturated carbocycles. The van der Waals surface area contributed by atoms with Crippen LogP contribution in [0.4, 0.5) is 20.7 Å². The molecular weight excluding hydrogens is 433 g/mol. The third kappa shape index (κ3) is 5.44. The summed E-state index contributed by atoms with van der Waals surface area (Å²) in [5.41, 5.74) is 3.58. The van der Waals surface area contributed by atoms with Gasteiger partial charge in [-0.1, -0.05) is 25.1 Å². The van der Waals surface area contributed by atoms with Crippen LogP contribution < -0.4 is 15.0 Å². The fraction of sp³-hybridized carbons (Fsp3) is 0.346. The normalized spacial score (nSPS) is 13.6. The topological polar surface area (TPSA) is 70.6 Å². The van der Waals surface area contributed by atoms with Gasteiger partial charge < -0.3 is 19.9 Å². The van der Waals surface area contributed by atoms with E-state index < -0.39 is 0 Å². The molecule has 0 spiro atoms. The van der Waals surface area contributed by atoms with E-state index in [0.717, 1.165) is 29.1 Å². The van der Waals surface area contributed by atoms with E-state index in [-0.39, 0.29) is 11.8 Å². The molecule has 2 aromatic carbocycles. The highest BCUT2D eigenvalue weighted by Gasteiger charge is 2.25. The van der Waals surface area contributed by atoms with Gasteiger partial charge in [0.25, 0.3) is 0 Å². The van der Waals surface area contributed by atoms with Crippen molar-refractivity contribution in [2.24, 2.45) is 0 Å². The zero-order chi connectivity index (χ0) is 24.1. The number of carbonyl (C=O) groups is 1. The number of carbonyl (C=O) groups excluding carboxylic acids is 1. The van der Waals surface area contributed by atoms with Crippen molar-refractivity contribution in [1.29, 1.82) is 0 Å². The molecule has 0 aliphatic carbocycles. The zero-order valence-electron chi connectivity index (χ0n) is 19.8. The minimum atomic E-state index is -0.249. The van der Waals surface area contributed by atoms with E-state index in [9.17, 15) is 9.18 Å². The Bertz CT molecular complexity index is 1160. The van der Waals surface area contributed by atoms with Crippen LogP contribution in [0.1, 0.15) is 29.6 Å². The number of rotatable bonds is 6. The Morgan fingerprint density at radius 1 is 1.09 bits per heavy atom. The van der Waals surface area contributed by atoms with Gasteiger partial charge >= 0.3 is 6.03 Å². The molecule has 4 rings (SSSR count). The van der Waals surface area contributed by atoms with E-state index in [1.54, 1.807) is 30.2 Å². The molecular formula is C26H30FN5O2. The highest BCUT2D eigenvalue weighted by Crippen LogP contribution is 2.26. The molecule has 2 amide bonds. The number of urea groups is 1. The Labute approximate surface area is 199 Å². The minimum absolute atomic E-state index is 0.138. The summed E-state index contributed by atoms with van der Waals surface area (Å²) in [7, 11) is 1.60. The van der Waals surface area contributed by atoms with Gasteiger partial charge in [-0.2, -0.15) is 0 Å². The van der Waals surface area contributed by atoms with E-state index >= 15 is 0 Å². The number of amides is 2. The molecule has 0 atom stereocenters. The zero-order valence-corrected chi connectivity index (χ0v) is 19.8. The Balaban J connectivity index is 1.49. The number of ether oxygens (including phenoxy) is 1. The van der Waals surface area contributed by atoms with Crippen LogP contribution in [0.5, 0.6) is 5.75 Å². The molecule has 1 aliphatic heterocycles. The molecule has 34 heavy (non-hydrogen) atoms. The number of methoxy groups -OCH3 is 1. The number of benzene rings is 2. The van der Waals surface area contributed by atoms with Crippen molar-refractivity contribution in [2.75, 3.05) is 43.5 Å². The van der Waals surface area contributed by atoms with Crippen molar-refractivity contribution in [3.05, 3.63) is 77.0 Å². The maximum Gasteiger partial charge on any atom is 0.321 e. The van der Waals surface area contributed by atoms with Gasteiger partial charge in [-0.15, -0.1) is 0 Å². The van der Waals surface area contributed by atoms with Crippen LogP contribution in [0.25, 0.3) is 0 Å². The lowest BCUT2D eigenvalue weighted by Crippen LogP contribution is -2.50. The van der Waals surface area contributed by atoms with Crippen molar-refractivity contribution in [3.63, 3.8) is 0 Å². The lowest BCUT2D eigenvalue weighted by Gasteiger charge is -2.36. The summed E-state index contributed by atoms with van der Waals surface area (Å²) in [6.07, 6.45) is 1.33. The second kappa shape index (κ2) is 10.5. The molecule has 7 nitrogen and oxygen atoms in total. The summed E-state index contributed by atoms with van der Waals surface area (Å²) in [6.45, 7) is 6.41. The number of nitrogens with one attached hydrogen (secondary N) is 1. The molecule has 8 heteroatoms. The first kappa shape index (κ1) is 23.5. The maximum atomic E-state index is 13.8. The highest BCUT2D eigenvalue weighted by molar-refractivity contribution is 5.89. The monoisotopic (exact) mass is 463 g/mol. The standard InChI is InChI=1S/C26H30FN5O2/c1-4-24-23(16-19-7-5-8-20(27)15-19)25(29-18(2)28-24)31-11-13-32(14-12-31)26(33)30-21-9-6-10-22(17-21)34-3/h5-10,15,17H,4,11-14,16H2,1-3H3,(H,30,33). The summed E-state index contributed by atoms with van der Waals surface area (Å²) in [6, 6.07) is 13.8. The molecule has 0 bridgehead atoms. The van der Waals surface area contributed by atoms with E-state index in [1.807, 2.05) is 31.2 Å². The summed E-state index contributed by atoms with van der Waals surface area (Å²) < 4.78 is 19.0. The smallest absolute Gasteiger partial charge is 0.321 e. The SMILES string of the molecule is CCc1nc(C)nc(N2CCN(C(=O)Nc3cccc(OC)c3)CC2)c1Cc1cccc(F)c1. The Kier molecular flexibility index (Phi) is 7.25. The number of aryl methyl sites for hydroxylation is 2. The lowest BCUT2D eigenvalue weighted by atomic mass is 10.0. The van der Waals surface area contributed by atoms with E-state index in [1.165, 1.54) is 6.07 Å². The Morgan fingerprint density at radius 3 is 2.56 bits per heavy atom. The van der Waals surface area contributed by atoms with Crippen LogP contribution in [0.15, 0.2) is 48.5 Å². The summed E-state index contributed by atoms with van der Waals surface area (Å²) in [5, 5.41) is 2.94. The van der Waals surface area contributed by atoms with Gasteiger partial charge in [0, 0.05) is 55.6 Å². The highest BCUT2D eigenvalue weighted by atomic mass is 19.1. The van der Waals surface area contributed by atoms with Crippen LogP contribution in [0.2, 0.25) is 0 Å². The maximum absolute atomic E-state index is 13.8. The predicted molar refractivity (Wildman–Crippen MR) is 131 cm³/mol. The number of piperazine rings is 1. The van der Waals surface area contributed by atoms with Crippen molar-refractivity contribution in [2.45, 2.75) is 26.7 Å². The molecule has 1 aromatic heterocycles. The molecule has 1 fully saturated rings. The molecule has 1 saturated heterocycles. The fourth-order valence-corrected chi connectivity index (χ4v) is 4.25. The van der Waals surface area contributed by atoms with E-state index in [0.29, 0.717) is 49.9 Å². The summed E-state index contributed by atoms with van der Waals surface area (Å²) in [4.78, 5) is 26.2. The minimum Gasteiger partial charge on any atom is -0.497 e. The second-order valence-corrected chi connectivity index (χ2v) is 8.32. The van der Waals surface area contributed by atoms with Crippen molar-refractivity contribution in [3.8, 4) is 5.75 Å². The third-order valence-electron chi connectivity index (χ3n) is 5.97. The van der Waals surface area contributed by atoms with Gasteiger partial charge in [-0.05, 0) is 43.2 Å². The lowest BCUT2D eigenvalue weighted by molar-refractivity contribution is 0.208. The molecule has 1 aliphatic rings. The number of anilines is 2. The van der Waals surface area contributed by atoms with Gasteiger partial charge in [0.05, 0.1) is 7.11 Å². The van der Waals surface area contributed by atoms with E-state index in [4.69, 9.17) is 9.72 Å². The average molecular weight is 464 g/mol. The van der Waals surface area contributed by atoms with Gasteiger partial charge in [-0.3, -0.25) is 0 Å². The third-order valence-corrected chi connectivity index (χ3v) is 5.97. The number of halogens is 1. The largest absolute Gasteiger partial charge is 0.497 e. The summed E-state index contributed by atoms with van der Waals surface area (Å²) >= 11 is 0. The molecule has 0 unspecified atom stereocenters. The van der Waals surface area contributed by atoms with Gasteiger partial charge in [0.1, 0.15) is 23.2 Å². The van der Waals surface area contributed by atoms with Crippen LogP contribution in [0, 0.1) is 12.7 Å². The van der Waals surface area contributed by atoms with Gasteiger partial charge in [0.2, 0.25) is 0 Å². The quantitative estimate of drug-likeness (QED) is 0.585. The first-order valence-electron chi connectivity index (χ1n) is 11.5. The van der Waals surface area contributed by atoms with Crippen LogP contribution >= 0.6 is 0 Å². The number of hydrogen-bond acceptors (Lipinski definition) is 5. The number of aromatic nitrogens is 2. The Hall–Kier alpha value is -3.68. The first-order chi connectivity index (χ1) is 16.5. The Morgan fingerprint density at radius 2 is 1.85 bits per heavy atom. The van der Waals surface area contributed by atoms with Crippen molar-refractivity contribution in [1.82, 2.24) is 14.9 Å². The van der Waals surface area contributed by atoms with Crippen LogP contribution in [-0.2, 0) is 12.8 Å². The average Bonchev–Trinajstić information content (AvgIpc) is 2.85. The molecule has 1 N–H and O–H groups in total. The molecule has 0 radical (unpaired) electrons. The second-order valence-electron chi connectivity index (χ2n) is 8.32. The number of hydrogen-bond donors (Lipinski definition) is 1. The van der Waals surface area contributed by atoms with Crippen molar-refractivity contribution >= 4 is 17.5 Å². The van der Waals surface area contributed by atoms with Crippen LogP contribution in [0.3, 0.4) is 0 Å². The fourth-order valence-electron chi connectivity index (χ4n) is 4.25. The van der Waals surface area contributed by atoms with Gasteiger partial charge in [-0.25, -0.2) is 19.2 Å². The van der Waals surface area contributed by atoms with Gasteiger partial charge in [0.15, 0.2) is 0 Å². The summed E-state index contributed by atoms with van der Waals surface area (Å²) in [5.74, 6) is 2.04. The van der Waals surface area contributed by atoms with E-state index in [2.05, 4.69) is 22.1 Å². The number of nitrogens with zero attached hydrogens (tertiary/aromatic N) is 4. The first-order valence-corrected chi connectivity index (χ1v) is 11.5. The molecule has 2 heterocycles. The predicted octanol–water partition coefficient (Wildman–Crippen LogP) is 4.44.